The molecule has 1 aliphatic rings. The number of nitrogens with one attached hydrogen (secondary N) is 2. The first-order valence-electron chi connectivity index (χ1n) is 7.79. The third kappa shape index (κ3) is 6.51. The van der Waals surface area contributed by atoms with Crippen LogP contribution in [0.15, 0.2) is 23.5 Å². The summed E-state index contributed by atoms with van der Waals surface area (Å²) in [6.45, 7) is 2.78. The number of aliphatic imine (C=N–C) groups is 1. The van der Waals surface area contributed by atoms with E-state index < -0.39 is 0 Å². The van der Waals surface area contributed by atoms with Gasteiger partial charge in [-0.2, -0.15) is 5.10 Å². The molecular formula is C15H29IN6. The van der Waals surface area contributed by atoms with E-state index in [1.54, 1.807) is 0 Å². The van der Waals surface area contributed by atoms with Crippen LogP contribution in [0.5, 0.6) is 0 Å². The highest BCUT2D eigenvalue weighted by Crippen LogP contribution is 2.34. The molecule has 1 heterocycles. The van der Waals surface area contributed by atoms with Crippen molar-refractivity contribution in [3.8, 4) is 0 Å². The van der Waals surface area contributed by atoms with Crippen LogP contribution in [-0.2, 0) is 6.54 Å². The smallest absolute Gasteiger partial charge is 0.191 e. The van der Waals surface area contributed by atoms with Crippen molar-refractivity contribution in [2.24, 2.45) is 10.9 Å². The molecule has 2 rings (SSSR count). The van der Waals surface area contributed by atoms with Crippen molar-refractivity contribution >= 4 is 29.9 Å². The molecule has 0 radical (unpaired) electrons. The molecule has 0 aromatic carbocycles. The standard InChI is InChI=1S/C15H28N6.HI/c1-16-15(17-8-4-10-21-11-5-9-19-21)18-12-14(20(2)3)13-6-7-13;/h5,9,11,13-14H,4,6-8,10,12H2,1-3H3,(H2,16,17,18);1H. The molecular weight excluding hydrogens is 391 g/mol. The van der Waals surface area contributed by atoms with Gasteiger partial charge in [-0.1, -0.05) is 0 Å². The lowest BCUT2D eigenvalue weighted by molar-refractivity contribution is 0.264. The fourth-order valence-corrected chi connectivity index (χ4v) is 2.55. The summed E-state index contributed by atoms with van der Waals surface area (Å²) in [4.78, 5) is 6.60. The molecule has 0 spiro atoms. The van der Waals surface area contributed by atoms with Gasteiger partial charge in [-0.15, -0.1) is 24.0 Å². The van der Waals surface area contributed by atoms with E-state index in [9.17, 15) is 0 Å². The average Bonchev–Trinajstić information content (AvgIpc) is 3.16. The lowest BCUT2D eigenvalue weighted by Gasteiger charge is -2.25. The second-order valence-corrected chi connectivity index (χ2v) is 5.87. The van der Waals surface area contributed by atoms with E-state index in [2.05, 4.69) is 39.7 Å². The largest absolute Gasteiger partial charge is 0.356 e. The summed E-state index contributed by atoms with van der Waals surface area (Å²) < 4.78 is 1.95. The molecule has 0 aliphatic heterocycles. The second kappa shape index (κ2) is 10.0. The van der Waals surface area contributed by atoms with Gasteiger partial charge in [-0.05, 0) is 45.3 Å². The molecule has 1 atom stereocenters. The molecule has 22 heavy (non-hydrogen) atoms. The molecule has 126 valence electrons. The van der Waals surface area contributed by atoms with Gasteiger partial charge in [-0.3, -0.25) is 9.67 Å². The van der Waals surface area contributed by atoms with Gasteiger partial charge in [0.15, 0.2) is 5.96 Å². The Balaban J connectivity index is 0.00000242. The molecule has 0 bridgehead atoms. The Kier molecular flexibility index (Phi) is 8.77. The molecule has 1 fully saturated rings. The molecule has 1 aromatic heterocycles. The van der Waals surface area contributed by atoms with E-state index in [0.29, 0.717) is 6.04 Å². The summed E-state index contributed by atoms with van der Waals surface area (Å²) in [5, 5.41) is 11.0. The van der Waals surface area contributed by atoms with Crippen molar-refractivity contribution in [1.82, 2.24) is 25.3 Å². The monoisotopic (exact) mass is 420 g/mol. The number of aryl methyl sites for hydroxylation is 1. The van der Waals surface area contributed by atoms with Crippen LogP contribution in [-0.4, -0.2) is 60.9 Å². The molecule has 1 unspecified atom stereocenters. The summed E-state index contributed by atoms with van der Waals surface area (Å²) in [7, 11) is 6.14. The van der Waals surface area contributed by atoms with Gasteiger partial charge in [-0.25, -0.2) is 0 Å². The maximum Gasteiger partial charge on any atom is 0.191 e. The highest BCUT2D eigenvalue weighted by Gasteiger charge is 2.32. The Hall–Kier alpha value is -0.830. The second-order valence-electron chi connectivity index (χ2n) is 5.87. The number of rotatable bonds is 8. The number of halogens is 1. The normalized spacial score (nSPS) is 16.3. The van der Waals surface area contributed by atoms with E-state index in [1.165, 1.54) is 12.8 Å². The number of aromatic nitrogens is 2. The number of hydrogen-bond acceptors (Lipinski definition) is 3. The first kappa shape index (κ1) is 19.2. The summed E-state index contributed by atoms with van der Waals surface area (Å²) in [5.41, 5.74) is 0. The topological polar surface area (TPSA) is 57.5 Å². The molecule has 1 saturated carbocycles. The van der Waals surface area contributed by atoms with E-state index >= 15 is 0 Å². The lowest BCUT2D eigenvalue weighted by Crippen LogP contribution is -2.46. The van der Waals surface area contributed by atoms with Gasteiger partial charge >= 0.3 is 0 Å². The van der Waals surface area contributed by atoms with Crippen LogP contribution < -0.4 is 10.6 Å². The average molecular weight is 420 g/mol. The van der Waals surface area contributed by atoms with Crippen LogP contribution in [0.4, 0.5) is 0 Å². The Bertz CT molecular complexity index is 425. The van der Waals surface area contributed by atoms with Gasteiger partial charge in [0.2, 0.25) is 0 Å². The molecule has 0 saturated heterocycles. The quantitative estimate of drug-likeness (QED) is 0.289. The van der Waals surface area contributed by atoms with Crippen LogP contribution in [0.1, 0.15) is 19.3 Å². The Morgan fingerprint density at radius 1 is 1.41 bits per heavy atom. The molecule has 0 amide bonds. The van der Waals surface area contributed by atoms with Gasteiger partial charge in [0.1, 0.15) is 0 Å². The fraction of sp³-hybridized carbons (Fsp3) is 0.733. The molecule has 7 heteroatoms. The van der Waals surface area contributed by atoms with Crippen molar-refractivity contribution < 1.29 is 0 Å². The minimum Gasteiger partial charge on any atom is -0.356 e. The molecule has 2 N–H and O–H groups in total. The predicted octanol–water partition coefficient (Wildman–Crippen LogP) is 1.40. The maximum absolute atomic E-state index is 4.29. The molecule has 1 aromatic rings. The highest BCUT2D eigenvalue weighted by molar-refractivity contribution is 14.0. The van der Waals surface area contributed by atoms with Crippen LogP contribution in [0, 0.1) is 5.92 Å². The van der Waals surface area contributed by atoms with E-state index in [1.807, 2.05) is 30.2 Å². The number of nitrogens with zero attached hydrogens (tertiary/aromatic N) is 4. The highest BCUT2D eigenvalue weighted by atomic mass is 127. The van der Waals surface area contributed by atoms with Gasteiger partial charge in [0, 0.05) is 45.1 Å². The zero-order valence-corrected chi connectivity index (χ0v) is 16.2. The molecule has 6 nitrogen and oxygen atoms in total. The van der Waals surface area contributed by atoms with Gasteiger partial charge in [0.05, 0.1) is 0 Å². The minimum atomic E-state index is 0. The van der Waals surface area contributed by atoms with Crippen molar-refractivity contribution in [3.63, 3.8) is 0 Å². The third-order valence-electron chi connectivity index (χ3n) is 3.95. The first-order valence-corrected chi connectivity index (χ1v) is 7.79. The fourth-order valence-electron chi connectivity index (χ4n) is 2.55. The molecule has 1 aliphatic carbocycles. The lowest BCUT2D eigenvalue weighted by atomic mass is 10.1. The van der Waals surface area contributed by atoms with E-state index in [4.69, 9.17) is 0 Å². The van der Waals surface area contributed by atoms with Crippen LogP contribution in [0.3, 0.4) is 0 Å². The number of likely N-dealkylation sites (N-methyl/N-ethyl adjacent to an activating group) is 1. The van der Waals surface area contributed by atoms with Crippen molar-refractivity contribution in [2.45, 2.75) is 31.8 Å². The van der Waals surface area contributed by atoms with E-state index in [-0.39, 0.29) is 24.0 Å². The third-order valence-corrected chi connectivity index (χ3v) is 3.95. The Morgan fingerprint density at radius 2 is 2.18 bits per heavy atom. The summed E-state index contributed by atoms with van der Waals surface area (Å²) in [6, 6.07) is 2.56. The predicted molar refractivity (Wildman–Crippen MR) is 102 cm³/mol. The SMILES string of the molecule is CN=C(NCCCn1cccn1)NCC(C1CC1)N(C)C.I. The van der Waals surface area contributed by atoms with Crippen LogP contribution >= 0.6 is 24.0 Å². The maximum atomic E-state index is 4.29. The van der Waals surface area contributed by atoms with E-state index in [0.717, 1.165) is 37.9 Å². The summed E-state index contributed by atoms with van der Waals surface area (Å²) in [6.07, 6.45) is 7.56. The van der Waals surface area contributed by atoms with Crippen molar-refractivity contribution in [2.75, 3.05) is 34.2 Å². The van der Waals surface area contributed by atoms with Gasteiger partial charge < -0.3 is 15.5 Å². The van der Waals surface area contributed by atoms with Crippen molar-refractivity contribution in [1.29, 1.82) is 0 Å². The van der Waals surface area contributed by atoms with Crippen LogP contribution in [0.2, 0.25) is 0 Å². The summed E-state index contributed by atoms with van der Waals surface area (Å²) in [5.74, 6) is 1.74. The number of hydrogen-bond donors (Lipinski definition) is 2. The number of guanidine groups is 1. The zero-order chi connectivity index (χ0) is 15.1. The summed E-state index contributed by atoms with van der Waals surface area (Å²) >= 11 is 0. The Labute approximate surface area is 150 Å². The van der Waals surface area contributed by atoms with Gasteiger partial charge in [0.25, 0.3) is 0 Å². The minimum absolute atomic E-state index is 0. The first-order chi connectivity index (χ1) is 10.2. The zero-order valence-electron chi connectivity index (χ0n) is 13.8. The Morgan fingerprint density at radius 3 is 2.73 bits per heavy atom. The van der Waals surface area contributed by atoms with Crippen molar-refractivity contribution in [3.05, 3.63) is 18.5 Å². The van der Waals surface area contributed by atoms with Crippen LogP contribution in [0.25, 0.3) is 0 Å².